The maximum Gasteiger partial charge on any atom is 0.441 e. The van der Waals surface area contributed by atoms with Crippen LogP contribution in [0.3, 0.4) is 0 Å². The number of rotatable bonds is 4. The number of aryl methyl sites for hydroxylation is 2. The molecule has 2 rings (SSSR count). The van der Waals surface area contributed by atoms with Crippen LogP contribution < -0.4 is 15.6 Å². The minimum Gasteiger partial charge on any atom is -0.325 e. The lowest BCUT2D eigenvalue weighted by Gasteiger charge is -2.12. The van der Waals surface area contributed by atoms with Crippen molar-refractivity contribution < 1.29 is 14.0 Å². The molecule has 7 heteroatoms. The Kier molecular flexibility index (Phi) is 4.52. The SMILES string of the molecule is Cc1cccc(NC(=O)C(C)Sc2c(=O)o[nH][n+]2C)c1C. The Hall–Kier alpha value is -2.02. The number of anilines is 1. The molecule has 0 saturated heterocycles. The van der Waals surface area contributed by atoms with Crippen molar-refractivity contribution in [2.24, 2.45) is 7.05 Å². The van der Waals surface area contributed by atoms with E-state index in [0.29, 0.717) is 5.03 Å². The third kappa shape index (κ3) is 3.36. The zero-order chi connectivity index (χ0) is 15.6. The molecule has 6 nitrogen and oxygen atoms in total. The van der Waals surface area contributed by atoms with Gasteiger partial charge in [0.15, 0.2) is 7.05 Å². The number of aromatic nitrogens is 2. The Balaban J connectivity index is 2.10. The van der Waals surface area contributed by atoms with Crippen molar-refractivity contribution in [1.82, 2.24) is 5.27 Å². The predicted octanol–water partition coefficient (Wildman–Crippen LogP) is 1.53. The van der Waals surface area contributed by atoms with Gasteiger partial charge in [-0.25, -0.2) is 4.79 Å². The third-order valence-electron chi connectivity index (χ3n) is 3.27. The molecular formula is C14H18N3O3S+. The number of aromatic amines is 1. The molecule has 0 aliphatic carbocycles. The summed E-state index contributed by atoms with van der Waals surface area (Å²) in [6.45, 7) is 5.70. The first-order chi connectivity index (χ1) is 9.90. The number of hydrogen-bond donors (Lipinski definition) is 2. The molecule has 1 atom stereocenters. The summed E-state index contributed by atoms with van der Waals surface area (Å²) in [4.78, 5) is 23.7. The number of hydrogen-bond acceptors (Lipinski definition) is 4. The van der Waals surface area contributed by atoms with E-state index in [1.54, 1.807) is 14.0 Å². The first-order valence-electron chi connectivity index (χ1n) is 6.51. The van der Waals surface area contributed by atoms with E-state index < -0.39 is 10.9 Å². The van der Waals surface area contributed by atoms with Crippen LogP contribution in [0.1, 0.15) is 18.1 Å². The van der Waals surface area contributed by atoms with Crippen LogP contribution in [0.15, 0.2) is 32.5 Å². The normalized spacial score (nSPS) is 12.2. The Morgan fingerprint density at radius 2 is 2.14 bits per heavy atom. The van der Waals surface area contributed by atoms with Gasteiger partial charge >= 0.3 is 10.7 Å². The second-order valence-corrected chi connectivity index (χ2v) is 6.17. The van der Waals surface area contributed by atoms with Crippen molar-refractivity contribution >= 4 is 23.4 Å². The second-order valence-electron chi connectivity index (χ2n) is 4.84. The smallest absolute Gasteiger partial charge is 0.325 e. The van der Waals surface area contributed by atoms with Crippen LogP contribution in [0.5, 0.6) is 0 Å². The number of thioether (sulfide) groups is 1. The highest BCUT2D eigenvalue weighted by Crippen LogP contribution is 2.21. The van der Waals surface area contributed by atoms with Crippen molar-refractivity contribution in [3.63, 3.8) is 0 Å². The Morgan fingerprint density at radius 3 is 2.76 bits per heavy atom. The molecule has 2 N–H and O–H groups in total. The van der Waals surface area contributed by atoms with Gasteiger partial charge in [0.2, 0.25) is 5.91 Å². The van der Waals surface area contributed by atoms with E-state index >= 15 is 0 Å². The van der Waals surface area contributed by atoms with E-state index in [9.17, 15) is 9.59 Å². The van der Waals surface area contributed by atoms with Crippen LogP contribution in [0.4, 0.5) is 5.69 Å². The van der Waals surface area contributed by atoms with Crippen LogP contribution >= 0.6 is 11.8 Å². The lowest BCUT2D eigenvalue weighted by atomic mass is 10.1. The molecule has 112 valence electrons. The molecule has 0 radical (unpaired) electrons. The highest BCUT2D eigenvalue weighted by Gasteiger charge is 2.25. The molecule has 1 unspecified atom stereocenters. The van der Waals surface area contributed by atoms with Crippen LogP contribution in [0.25, 0.3) is 0 Å². The number of benzene rings is 1. The molecule has 1 heterocycles. The fourth-order valence-corrected chi connectivity index (χ4v) is 2.64. The van der Waals surface area contributed by atoms with Gasteiger partial charge in [-0.3, -0.25) is 9.32 Å². The van der Waals surface area contributed by atoms with Gasteiger partial charge in [0.25, 0.3) is 0 Å². The van der Waals surface area contributed by atoms with Gasteiger partial charge < -0.3 is 5.32 Å². The summed E-state index contributed by atoms with van der Waals surface area (Å²) < 4.78 is 6.11. The molecule has 1 aromatic heterocycles. The highest BCUT2D eigenvalue weighted by molar-refractivity contribution is 8.00. The minimum absolute atomic E-state index is 0.158. The molecule has 1 amide bonds. The van der Waals surface area contributed by atoms with Crippen LogP contribution in [-0.2, 0) is 11.8 Å². The average Bonchev–Trinajstić information content (AvgIpc) is 2.75. The average molecular weight is 308 g/mol. The summed E-state index contributed by atoms with van der Waals surface area (Å²) >= 11 is 1.15. The number of nitrogens with zero attached hydrogens (tertiary/aromatic N) is 1. The largest absolute Gasteiger partial charge is 0.441 e. The lowest BCUT2D eigenvalue weighted by molar-refractivity contribution is -0.772. The van der Waals surface area contributed by atoms with E-state index in [0.717, 1.165) is 28.6 Å². The highest BCUT2D eigenvalue weighted by atomic mass is 32.2. The summed E-state index contributed by atoms with van der Waals surface area (Å²) in [5.74, 6) is -0.158. The number of H-pyrrole nitrogens is 1. The summed E-state index contributed by atoms with van der Waals surface area (Å²) in [5.41, 5.74) is 2.47. The summed E-state index contributed by atoms with van der Waals surface area (Å²) in [5, 5.41) is 5.25. The maximum absolute atomic E-state index is 12.2. The van der Waals surface area contributed by atoms with Gasteiger partial charge in [0.1, 0.15) is 0 Å². The maximum atomic E-state index is 12.2. The Labute approximate surface area is 126 Å². The standard InChI is InChI=1S/C14H17N3O3S/c1-8-6-5-7-11(9(8)2)15-12(18)10(3)21-13-14(19)20-16-17(13)4/h5-7,10H,1-4H3,(H-,15,16,18,19)/p+1. The first kappa shape index (κ1) is 15.4. The van der Waals surface area contributed by atoms with Crippen LogP contribution in [0, 0.1) is 13.8 Å². The van der Waals surface area contributed by atoms with Gasteiger partial charge in [-0.2, -0.15) is 0 Å². The predicted molar refractivity (Wildman–Crippen MR) is 80.4 cm³/mol. The quantitative estimate of drug-likeness (QED) is 0.663. The van der Waals surface area contributed by atoms with E-state index in [1.807, 2.05) is 32.0 Å². The van der Waals surface area contributed by atoms with Gasteiger partial charge in [-0.05, 0) is 55.0 Å². The van der Waals surface area contributed by atoms with Gasteiger partial charge in [-0.1, -0.05) is 16.8 Å². The van der Waals surface area contributed by atoms with E-state index in [1.165, 1.54) is 4.68 Å². The van der Waals surface area contributed by atoms with Crippen molar-refractivity contribution in [2.45, 2.75) is 31.0 Å². The number of nitrogens with one attached hydrogen (secondary N) is 2. The van der Waals surface area contributed by atoms with E-state index in [4.69, 9.17) is 0 Å². The topological polar surface area (TPSA) is 79.0 Å². The molecule has 0 aliphatic heterocycles. The molecule has 0 bridgehead atoms. The zero-order valence-corrected chi connectivity index (χ0v) is 13.2. The van der Waals surface area contributed by atoms with Crippen molar-refractivity contribution in [2.75, 3.05) is 5.32 Å². The molecule has 0 aliphatic rings. The van der Waals surface area contributed by atoms with E-state index in [-0.39, 0.29) is 5.91 Å². The summed E-state index contributed by atoms with van der Waals surface area (Å²) in [6, 6.07) is 5.76. The Bertz CT molecular complexity index is 720. The van der Waals surface area contributed by atoms with E-state index in [2.05, 4.69) is 15.1 Å². The molecule has 2 aromatic rings. The Morgan fingerprint density at radius 1 is 1.43 bits per heavy atom. The lowest BCUT2D eigenvalue weighted by Crippen LogP contribution is -2.35. The molecule has 0 fully saturated rings. The molecule has 1 aromatic carbocycles. The molecule has 0 saturated carbocycles. The third-order valence-corrected chi connectivity index (χ3v) is 4.51. The summed E-state index contributed by atoms with van der Waals surface area (Å²) in [7, 11) is 1.66. The van der Waals surface area contributed by atoms with Crippen molar-refractivity contribution in [3.05, 3.63) is 39.7 Å². The first-order valence-corrected chi connectivity index (χ1v) is 7.39. The van der Waals surface area contributed by atoms with Crippen LogP contribution in [0.2, 0.25) is 0 Å². The van der Waals surface area contributed by atoms with Crippen molar-refractivity contribution in [3.8, 4) is 0 Å². The number of amides is 1. The van der Waals surface area contributed by atoms with Gasteiger partial charge in [0, 0.05) is 5.69 Å². The number of carbonyl (C=O) groups excluding carboxylic acids is 1. The fourth-order valence-electron chi connectivity index (χ4n) is 1.80. The monoisotopic (exact) mass is 308 g/mol. The van der Waals surface area contributed by atoms with Gasteiger partial charge in [0.05, 0.1) is 5.25 Å². The molecular weight excluding hydrogens is 290 g/mol. The van der Waals surface area contributed by atoms with Crippen LogP contribution in [-0.4, -0.2) is 16.4 Å². The second kappa shape index (κ2) is 6.17. The summed E-state index contributed by atoms with van der Waals surface area (Å²) in [6.07, 6.45) is 0. The number of carbonyl (C=O) groups is 1. The molecule has 21 heavy (non-hydrogen) atoms. The zero-order valence-electron chi connectivity index (χ0n) is 12.4. The van der Waals surface area contributed by atoms with Gasteiger partial charge in [-0.15, -0.1) is 0 Å². The van der Waals surface area contributed by atoms with Crippen molar-refractivity contribution in [1.29, 1.82) is 0 Å². The fraction of sp³-hybridized carbons (Fsp3) is 0.357. The molecule has 0 spiro atoms. The minimum atomic E-state index is -0.478.